The van der Waals surface area contributed by atoms with Crippen LogP contribution in [0, 0.1) is 0 Å². The Bertz CT molecular complexity index is 530. The molecule has 0 saturated heterocycles. The highest BCUT2D eigenvalue weighted by atomic mass is 127. The van der Waals surface area contributed by atoms with Gasteiger partial charge in [0, 0.05) is 30.4 Å². The number of halogens is 1. The van der Waals surface area contributed by atoms with Gasteiger partial charge in [-0.3, -0.25) is 4.99 Å². The average molecular weight is 464 g/mol. The molecule has 0 bridgehead atoms. The fourth-order valence-electron chi connectivity index (χ4n) is 2.06. The third kappa shape index (κ3) is 9.74. The Kier molecular flexibility index (Phi) is 11.6. The summed E-state index contributed by atoms with van der Waals surface area (Å²) in [6.45, 7) is 13.4. The number of ether oxygens (including phenoxy) is 2. The minimum atomic E-state index is 0. The second kappa shape index (κ2) is 12.2. The normalized spacial score (nSPS) is 11.5. The summed E-state index contributed by atoms with van der Waals surface area (Å²) < 4.78 is 10.9. The Balaban J connectivity index is 0.00000576. The number of hydrogen-bond acceptors (Lipinski definition) is 4. The highest BCUT2D eigenvalue weighted by Crippen LogP contribution is 2.30. The molecule has 0 atom stereocenters. The van der Waals surface area contributed by atoms with Crippen molar-refractivity contribution < 1.29 is 9.47 Å². The van der Waals surface area contributed by atoms with Gasteiger partial charge in [-0.05, 0) is 46.8 Å². The number of nitrogens with zero attached hydrogens (tertiary/aromatic N) is 1. The first-order valence-electron chi connectivity index (χ1n) is 8.50. The van der Waals surface area contributed by atoms with Crippen LogP contribution in [0.1, 0.15) is 34.6 Å². The van der Waals surface area contributed by atoms with Gasteiger partial charge >= 0.3 is 0 Å². The van der Waals surface area contributed by atoms with Crippen LogP contribution in [0.4, 0.5) is 5.69 Å². The Morgan fingerprint density at radius 2 is 1.88 bits per heavy atom. The number of hydrogen-bond donors (Lipinski definition) is 3. The number of rotatable bonds is 8. The summed E-state index contributed by atoms with van der Waals surface area (Å²) in [5.74, 6) is 2.19. The summed E-state index contributed by atoms with van der Waals surface area (Å²) in [5, 5.41) is 9.97. The first-order chi connectivity index (χ1) is 11.4. The summed E-state index contributed by atoms with van der Waals surface area (Å²) in [5.41, 5.74) is 1.00. The molecule has 1 rings (SSSR count). The third-order valence-corrected chi connectivity index (χ3v) is 3.11. The molecule has 0 amide bonds. The second-order valence-electron chi connectivity index (χ2n) is 6.36. The van der Waals surface area contributed by atoms with Crippen LogP contribution in [-0.4, -0.2) is 44.8 Å². The average Bonchev–Trinajstić information content (AvgIpc) is 2.52. The van der Waals surface area contributed by atoms with Crippen LogP contribution in [0.3, 0.4) is 0 Å². The number of nitrogens with one attached hydrogen (secondary N) is 3. The number of guanidine groups is 1. The highest BCUT2D eigenvalue weighted by molar-refractivity contribution is 14.0. The summed E-state index contributed by atoms with van der Waals surface area (Å²) in [6, 6.07) is 5.76. The molecule has 25 heavy (non-hydrogen) atoms. The number of benzene rings is 1. The van der Waals surface area contributed by atoms with Crippen LogP contribution >= 0.6 is 24.0 Å². The zero-order valence-corrected chi connectivity index (χ0v) is 18.6. The van der Waals surface area contributed by atoms with Gasteiger partial charge in [0.15, 0.2) is 17.5 Å². The number of aliphatic imine (C=N–C) groups is 1. The second-order valence-corrected chi connectivity index (χ2v) is 6.36. The van der Waals surface area contributed by atoms with Crippen LogP contribution in [0.2, 0.25) is 0 Å². The molecule has 144 valence electrons. The van der Waals surface area contributed by atoms with Crippen LogP contribution in [0.25, 0.3) is 0 Å². The zero-order valence-electron chi connectivity index (χ0n) is 16.2. The fraction of sp³-hybridized carbons (Fsp3) is 0.611. The maximum Gasteiger partial charge on any atom is 0.195 e. The largest absolute Gasteiger partial charge is 0.493 e. The molecule has 0 unspecified atom stereocenters. The van der Waals surface area contributed by atoms with E-state index in [1.807, 2.05) is 32.0 Å². The van der Waals surface area contributed by atoms with Crippen molar-refractivity contribution in [1.82, 2.24) is 10.6 Å². The van der Waals surface area contributed by atoms with Gasteiger partial charge in [-0.2, -0.15) is 0 Å². The van der Waals surface area contributed by atoms with E-state index in [0.29, 0.717) is 18.9 Å². The Labute approximate surface area is 169 Å². The van der Waals surface area contributed by atoms with Gasteiger partial charge in [0.25, 0.3) is 0 Å². The molecule has 7 heteroatoms. The van der Waals surface area contributed by atoms with Crippen LogP contribution < -0.4 is 25.4 Å². The van der Waals surface area contributed by atoms with E-state index in [1.54, 1.807) is 7.11 Å². The predicted molar refractivity (Wildman–Crippen MR) is 117 cm³/mol. The summed E-state index contributed by atoms with van der Waals surface area (Å²) in [4.78, 5) is 4.59. The van der Waals surface area contributed by atoms with E-state index in [1.165, 1.54) is 0 Å². The molecule has 3 N–H and O–H groups in total. The van der Waals surface area contributed by atoms with Crippen molar-refractivity contribution in [1.29, 1.82) is 0 Å². The lowest BCUT2D eigenvalue weighted by Gasteiger charge is -2.20. The van der Waals surface area contributed by atoms with E-state index >= 15 is 0 Å². The molecule has 1 aromatic rings. The number of anilines is 1. The standard InChI is InChI=1S/C18H32N4O2.HI/c1-7-19-17(20-11-12-21-18(3,4)5)22-14-9-10-15(24-8-2)16(13-14)23-6;/h9-10,13,21H,7-8,11-12H2,1-6H3,(H2,19,20,22);1H. The van der Waals surface area contributed by atoms with Crippen molar-refractivity contribution in [2.24, 2.45) is 4.99 Å². The van der Waals surface area contributed by atoms with E-state index in [0.717, 1.165) is 30.5 Å². The van der Waals surface area contributed by atoms with Crippen LogP contribution in [0.5, 0.6) is 11.5 Å². The van der Waals surface area contributed by atoms with E-state index in [2.05, 4.69) is 41.7 Å². The summed E-state index contributed by atoms with van der Waals surface area (Å²) >= 11 is 0. The van der Waals surface area contributed by atoms with Crippen LogP contribution in [0.15, 0.2) is 23.2 Å². The topological polar surface area (TPSA) is 66.9 Å². The van der Waals surface area contributed by atoms with Crippen molar-refractivity contribution >= 4 is 35.6 Å². The van der Waals surface area contributed by atoms with Gasteiger partial charge in [0.1, 0.15) is 0 Å². The van der Waals surface area contributed by atoms with Crippen molar-refractivity contribution in [3.05, 3.63) is 18.2 Å². The van der Waals surface area contributed by atoms with E-state index in [4.69, 9.17) is 9.47 Å². The molecular formula is C18H33IN4O2. The molecule has 0 fully saturated rings. The summed E-state index contributed by atoms with van der Waals surface area (Å²) in [6.07, 6.45) is 0. The van der Waals surface area contributed by atoms with Gasteiger partial charge in [-0.15, -0.1) is 24.0 Å². The fourth-order valence-corrected chi connectivity index (χ4v) is 2.06. The van der Waals surface area contributed by atoms with E-state index < -0.39 is 0 Å². The van der Waals surface area contributed by atoms with Crippen molar-refractivity contribution in [3.8, 4) is 11.5 Å². The maximum absolute atomic E-state index is 5.54. The molecular weight excluding hydrogens is 431 g/mol. The Morgan fingerprint density at radius 3 is 2.44 bits per heavy atom. The zero-order chi connectivity index (χ0) is 18.0. The van der Waals surface area contributed by atoms with Gasteiger partial charge < -0.3 is 25.4 Å². The Morgan fingerprint density at radius 1 is 1.16 bits per heavy atom. The van der Waals surface area contributed by atoms with E-state index in [9.17, 15) is 0 Å². The molecule has 0 aliphatic heterocycles. The van der Waals surface area contributed by atoms with Crippen molar-refractivity contribution in [3.63, 3.8) is 0 Å². The highest BCUT2D eigenvalue weighted by Gasteiger charge is 2.08. The predicted octanol–water partition coefficient (Wildman–Crippen LogP) is 3.48. The molecule has 0 spiro atoms. The molecule has 0 aliphatic rings. The first-order valence-corrected chi connectivity index (χ1v) is 8.50. The monoisotopic (exact) mass is 464 g/mol. The van der Waals surface area contributed by atoms with Gasteiger partial charge in [0.05, 0.1) is 20.3 Å². The van der Waals surface area contributed by atoms with Crippen LogP contribution in [-0.2, 0) is 0 Å². The molecule has 0 radical (unpaired) electrons. The maximum atomic E-state index is 5.54. The lowest BCUT2D eigenvalue weighted by molar-refractivity contribution is 0.311. The molecule has 0 heterocycles. The Hall–Kier alpha value is -1.22. The quantitative estimate of drug-likeness (QED) is 0.238. The van der Waals surface area contributed by atoms with Gasteiger partial charge in [-0.1, -0.05) is 0 Å². The molecule has 0 aromatic heterocycles. The molecule has 0 aliphatic carbocycles. The first kappa shape index (κ1) is 23.8. The lowest BCUT2D eigenvalue weighted by atomic mass is 10.1. The molecule has 6 nitrogen and oxygen atoms in total. The van der Waals surface area contributed by atoms with Crippen molar-refractivity contribution in [2.75, 3.05) is 38.7 Å². The lowest BCUT2D eigenvalue weighted by Crippen LogP contribution is -2.38. The van der Waals surface area contributed by atoms with E-state index in [-0.39, 0.29) is 29.5 Å². The minimum Gasteiger partial charge on any atom is -0.493 e. The third-order valence-electron chi connectivity index (χ3n) is 3.11. The smallest absolute Gasteiger partial charge is 0.195 e. The van der Waals surface area contributed by atoms with Gasteiger partial charge in [0.2, 0.25) is 0 Å². The van der Waals surface area contributed by atoms with Gasteiger partial charge in [-0.25, -0.2) is 0 Å². The summed E-state index contributed by atoms with van der Waals surface area (Å²) in [7, 11) is 1.64. The molecule has 1 aromatic carbocycles. The SMILES string of the molecule is CCNC(=NCCNC(C)(C)C)Nc1ccc(OCC)c(OC)c1.I. The number of methoxy groups -OCH3 is 1. The minimum absolute atomic E-state index is 0. The molecule has 0 saturated carbocycles. The van der Waals surface area contributed by atoms with Crippen molar-refractivity contribution in [2.45, 2.75) is 40.2 Å².